The first kappa shape index (κ1) is 15.3. The molecule has 0 spiro atoms. The first-order valence-electron chi connectivity index (χ1n) is 8.51. The number of hydrogen-bond acceptors (Lipinski definition) is 1. The van der Waals surface area contributed by atoms with E-state index in [-0.39, 0.29) is 0 Å². The third-order valence-electron chi connectivity index (χ3n) is 4.47. The zero-order valence-corrected chi connectivity index (χ0v) is 14.2. The standard InChI is InChI=1S/C24H19N/c1-18-22(19-11-5-2-6-12-19)17-23(20-13-7-3-8-14-20)25-24(18)21-15-9-4-10-16-21/h2-17H,1H3. The van der Waals surface area contributed by atoms with Gasteiger partial charge >= 0.3 is 0 Å². The average Bonchev–Trinajstić information content (AvgIpc) is 2.70. The summed E-state index contributed by atoms with van der Waals surface area (Å²) >= 11 is 0. The van der Waals surface area contributed by atoms with Crippen LogP contribution < -0.4 is 0 Å². The Hall–Kier alpha value is -3.19. The molecule has 4 rings (SSSR count). The minimum absolute atomic E-state index is 1.00. The molecule has 0 amide bonds. The van der Waals surface area contributed by atoms with E-state index in [1.54, 1.807) is 0 Å². The van der Waals surface area contributed by atoms with Crippen molar-refractivity contribution in [2.24, 2.45) is 0 Å². The Morgan fingerprint density at radius 2 is 1.04 bits per heavy atom. The molecule has 1 heteroatoms. The van der Waals surface area contributed by atoms with E-state index in [0.29, 0.717) is 0 Å². The highest BCUT2D eigenvalue weighted by molar-refractivity contribution is 5.80. The van der Waals surface area contributed by atoms with Gasteiger partial charge in [0, 0.05) is 11.1 Å². The van der Waals surface area contributed by atoms with Crippen LogP contribution in [0.5, 0.6) is 0 Å². The quantitative estimate of drug-likeness (QED) is 0.426. The van der Waals surface area contributed by atoms with Gasteiger partial charge in [-0.05, 0) is 29.7 Å². The fourth-order valence-corrected chi connectivity index (χ4v) is 3.16. The zero-order valence-electron chi connectivity index (χ0n) is 14.2. The molecule has 0 radical (unpaired) electrons. The molecular formula is C24H19N. The minimum Gasteiger partial charge on any atom is -0.247 e. The Kier molecular flexibility index (Phi) is 4.14. The van der Waals surface area contributed by atoms with Crippen molar-refractivity contribution in [2.45, 2.75) is 6.92 Å². The number of benzene rings is 3. The van der Waals surface area contributed by atoms with Gasteiger partial charge in [0.1, 0.15) is 0 Å². The first-order chi connectivity index (χ1) is 12.3. The minimum atomic E-state index is 1.00. The van der Waals surface area contributed by atoms with Gasteiger partial charge in [-0.15, -0.1) is 0 Å². The van der Waals surface area contributed by atoms with Crippen LogP contribution in [0.25, 0.3) is 33.6 Å². The van der Waals surface area contributed by atoms with E-state index in [1.165, 1.54) is 16.7 Å². The van der Waals surface area contributed by atoms with E-state index in [2.05, 4.69) is 91.9 Å². The predicted molar refractivity (Wildman–Crippen MR) is 105 cm³/mol. The molecule has 0 N–H and O–H groups in total. The summed E-state index contributed by atoms with van der Waals surface area (Å²) in [4.78, 5) is 5.00. The molecule has 1 heterocycles. The van der Waals surface area contributed by atoms with Crippen molar-refractivity contribution in [1.82, 2.24) is 4.98 Å². The largest absolute Gasteiger partial charge is 0.247 e. The fraction of sp³-hybridized carbons (Fsp3) is 0.0417. The summed E-state index contributed by atoms with van der Waals surface area (Å²) in [6, 6.07) is 33.5. The van der Waals surface area contributed by atoms with Crippen molar-refractivity contribution < 1.29 is 0 Å². The van der Waals surface area contributed by atoms with Gasteiger partial charge in [0.15, 0.2) is 0 Å². The second-order valence-electron chi connectivity index (χ2n) is 6.13. The van der Waals surface area contributed by atoms with Gasteiger partial charge in [0.25, 0.3) is 0 Å². The average molecular weight is 321 g/mol. The lowest BCUT2D eigenvalue weighted by Crippen LogP contribution is -1.95. The Labute approximate surface area is 148 Å². The maximum atomic E-state index is 5.00. The molecule has 120 valence electrons. The number of nitrogens with zero attached hydrogens (tertiary/aromatic N) is 1. The van der Waals surface area contributed by atoms with Gasteiger partial charge in [0.05, 0.1) is 11.4 Å². The molecular weight excluding hydrogens is 302 g/mol. The van der Waals surface area contributed by atoms with Crippen molar-refractivity contribution in [3.8, 4) is 33.6 Å². The molecule has 0 bridgehead atoms. The van der Waals surface area contributed by atoms with Crippen molar-refractivity contribution in [3.63, 3.8) is 0 Å². The van der Waals surface area contributed by atoms with Crippen LogP contribution >= 0.6 is 0 Å². The third-order valence-corrected chi connectivity index (χ3v) is 4.47. The highest BCUT2D eigenvalue weighted by atomic mass is 14.7. The van der Waals surface area contributed by atoms with Gasteiger partial charge in [-0.25, -0.2) is 4.98 Å². The highest BCUT2D eigenvalue weighted by Gasteiger charge is 2.13. The van der Waals surface area contributed by atoms with Crippen molar-refractivity contribution >= 4 is 0 Å². The van der Waals surface area contributed by atoms with Crippen LogP contribution in [0.3, 0.4) is 0 Å². The van der Waals surface area contributed by atoms with Gasteiger partial charge in [-0.2, -0.15) is 0 Å². The summed E-state index contributed by atoms with van der Waals surface area (Å²) in [7, 11) is 0. The molecule has 1 aromatic heterocycles. The molecule has 25 heavy (non-hydrogen) atoms. The molecule has 0 aliphatic heterocycles. The summed E-state index contributed by atoms with van der Waals surface area (Å²) in [5.74, 6) is 0. The summed E-state index contributed by atoms with van der Waals surface area (Å²) in [5.41, 5.74) is 7.98. The van der Waals surface area contributed by atoms with Crippen LogP contribution in [-0.4, -0.2) is 4.98 Å². The topological polar surface area (TPSA) is 12.9 Å². The summed E-state index contributed by atoms with van der Waals surface area (Å²) in [5, 5.41) is 0. The highest BCUT2D eigenvalue weighted by Crippen LogP contribution is 2.34. The van der Waals surface area contributed by atoms with Crippen molar-refractivity contribution in [2.75, 3.05) is 0 Å². The van der Waals surface area contributed by atoms with E-state index in [9.17, 15) is 0 Å². The third kappa shape index (κ3) is 3.09. The molecule has 0 aliphatic rings. The van der Waals surface area contributed by atoms with Gasteiger partial charge in [-0.3, -0.25) is 0 Å². The van der Waals surface area contributed by atoms with Crippen molar-refractivity contribution in [1.29, 1.82) is 0 Å². The Bertz CT molecular complexity index is 914. The molecule has 0 aliphatic carbocycles. The smallest absolute Gasteiger partial charge is 0.0744 e. The SMILES string of the molecule is Cc1c(-c2ccccc2)cc(-c2ccccc2)nc1-c1ccccc1. The Balaban J connectivity index is 1.98. The fourth-order valence-electron chi connectivity index (χ4n) is 3.16. The van der Waals surface area contributed by atoms with Crippen LogP contribution in [-0.2, 0) is 0 Å². The lowest BCUT2D eigenvalue weighted by atomic mass is 9.95. The van der Waals surface area contributed by atoms with E-state index >= 15 is 0 Å². The predicted octanol–water partition coefficient (Wildman–Crippen LogP) is 6.39. The molecule has 3 aromatic carbocycles. The van der Waals surface area contributed by atoms with Crippen LogP contribution in [0, 0.1) is 6.92 Å². The monoisotopic (exact) mass is 321 g/mol. The normalized spacial score (nSPS) is 10.6. The van der Waals surface area contributed by atoms with E-state index in [1.807, 2.05) is 12.1 Å². The van der Waals surface area contributed by atoms with E-state index in [0.717, 1.165) is 22.5 Å². The lowest BCUT2D eigenvalue weighted by Gasteiger charge is -2.14. The molecule has 0 saturated carbocycles. The van der Waals surface area contributed by atoms with Crippen LogP contribution in [0.2, 0.25) is 0 Å². The van der Waals surface area contributed by atoms with Crippen LogP contribution in [0.15, 0.2) is 97.1 Å². The number of pyridine rings is 1. The van der Waals surface area contributed by atoms with E-state index < -0.39 is 0 Å². The summed E-state index contributed by atoms with van der Waals surface area (Å²) in [6.07, 6.45) is 0. The summed E-state index contributed by atoms with van der Waals surface area (Å²) in [6.45, 7) is 2.16. The van der Waals surface area contributed by atoms with Crippen LogP contribution in [0.4, 0.5) is 0 Å². The summed E-state index contributed by atoms with van der Waals surface area (Å²) < 4.78 is 0. The molecule has 0 atom stereocenters. The molecule has 0 unspecified atom stereocenters. The Morgan fingerprint density at radius 3 is 1.60 bits per heavy atom. The molecule has 4 aromatic rings. The van der Waals surface area contributed by atoms with Gasteiger partial charge in [-0.1, -0.05) is 91.0 Å². The maximum Gasteiger partial charge on any atom is 0.0744 e. The lowest BCUT2D eigenvalue weighted by molar-refractivity contribution is 1.27. The number of rotatable bonds is 3. The van der Waals surface area contributed by atoms with E-state index in [4.69, 9.17) is 4.98 Å². The second kappa shape index (κ2) is 6.74. The maximum absolute atomic E-state index is 5.00. The number of hydrogen-bond donors (Lipinski definition) is 0. The van der Waals surface area contributed by atoms with Crippen LogP contribution in [0.1, 0.15) is 5.56 Å². The molecule has 1 nitrogen and oxygen atoms in total. The first-order valence-corrected chi connectivity index (χ1v) is 8.51. The second-order valence-corrected chi connectivity index (χ2v) is 6.13. The zero-order chi connectivity index (χ0) is 17.1. The molecule has 0 fully saturated rings. The molecule has 0 saturated heterocycles. The number of aromatic nitrogens is 1. The van der Waals surface area contributed by atoms with Gasteiger partial charge in [0.2, 0.25) is 0 Å². The van der Waals surface area contributed by atoms with Gasteiger partial charge < -0.3 is 0 Å². The Morgan fingerprint density at radius 1 is 0.560 bits per heavy atom. The van der Waals surface area contributed by atoms with Crippen molar-refractivity contribution in [3.05, 3.63) is 103 Å².